The van der Waals surface area contributed by atoms with Crippen LogP contribution in [0.1, 0.15) is 51.9 Å². The van der Waals surface area contributed by atoms with Gasteiger partial charge in [-0.25, -0.2) is 0 Å². The largest absolute Gasteiger partial charge is 0.355 e. The topological polar surface area (TPSA) is 29.1 Å². The summed E-state index contributed by atoms with van der Waals surface area (Å²) in [4.78, 5) is 11.6. The van der Waals surface area contributed by atoms with Gasteiger partial charge in [-0.1, -0.05) is 32.1 Å². The third-order valence-electron chi connectivity index (χ3n) is 3.17. The highest BCUT2D eigenvalue weighted by Crippen LogP contribution is 2.27. The van der Waals surface area contributed by atoms with E-state index >= 15 is 0 Å². The highest BCUT2D eigenvalue weighted by Gasteiger charge is 2.25. The molecule has 0 aromatic heterocycles. The number of carbonyl (C=O) groups is 1. The molecule has 15 heavy (non-hydrogen) atoms. The van der Waals surface area contributed by atoms with Crippen LogP contribution in [0.15, 0.2) is 0 Å². The van der Waals surface area contributed by atoms with E-state index in [0.29, 0.717) is 12.5 Å². The lowest BCUT2D eigenvalue weighted by Crippen LogP contribution is -2.36. The Bertz CT molecular complexity index is 188. The Kier molecular flexibility index (Phi) is 6.07. The van der Waals surface area contributed by atoms with Crippen LogP contribution in [0.3, 0.4) is 0 Å². The maximum Gasteiger partial charge on any atom is 0.238 e. The molecule has 1 aliphatic carbocycles. The number of hydrogen-bond donors (Lipinski definition) is 1. The Morgan fingerprint density at radius 1 is 1.27 bits per heavy atom. The molecule has 0 aromatic carbocycles. The number of hydrogen-bond acceptors (Lipinski definition) is 1. The predicted molar refractivity (Wildman–Crippen MR) is 64.1 cm³/mol. The summed E-state index contributed by atoms with van der Waals surface area (Å²) in [6.07, 6.45) is 8.64. The maximum absolute atomic E-state index is 11.6. The first-order valence-corrected chi connectivity index (χ1v) is 6.61. The molecular weight excluding hydrogens is 210 g/mol. The monoisotopic (exact) mass is 231 g/mol. The maximum atomic E-state index is 11.6. The number of halogens is 1. The smallest absolute Gasteiger partial charge is 0.238 e. The molecular formula is C12H22ClNO. The predicted octanol–water partition coefficient (Wildman–Crippen LogP) is 3.09. The van der Waals surface area contributed by atoms with Gasteiger partial charge in [0.1, 0.15) is 5.38 Å². The van der Waals surface area contributed by atoms with Crippen molar-refractivity contribution < 1.29 is 4.79 Å². The number of nitrogens with one attached hydrogen (secondary N) is 1. The van der Waals surface area contributed by atoms with Crippen LogP contribution in [0, 0.1) is 5.92 Å². The Morgan fingerprint density at radius 3 is 2.33 bits per heavy atom. The Hall–Kier alpha value is -0.240. The van der Waals surface area contributed by atoms with Crippen molar-refractivity contribution in [3.63, 3.8) is 0 Å². The molecule has 0 aliphatic heterocycles. The van der Waals surface area contributed by atoms with Crippen LogP contribution in [0.5, 0.6) is 0 Å². The van der Waals surface area contributed by atoms with Gasteiger partial charge < -0.3 is 5.32 Å². The lowest BCUT2D eigenvalue weighted by molar-refractivity contribution is -0.121. The summed E-state index contributed by atoms with van der Waals surface area (Å²) >= 11 is 6.20. The van der Waals surface area contributed by atoms with E-state index in [9.17, 15) is 4.79 Å². The first-order chi connectivity index (χ1) is 7.25. The van der Waals surface area contributed by atoms with Gasteiger partial charge in [-0.15, -0.1) is 11.6 Å². The van der Waals surface area contributed by atoms with Crippen molar-refractivity contribution in [2.24, 2.45) is 5.92 Å². The molecule has 88 valence electrons. The van der Waals surface area contributed by atoms with E-state index in [-0.39, 0.29) is 11.3 Å². The van der Waals surface area contributed by atoms with Crippen LogP contribution >= 0.6 is 11.6 Å². The van der Waals surface area contributed by atoms with E-state index in [4.69, 9.17) is 11.6 Å². The van der Waals surface area contributed by atoms with Crippen LogP contribution in [-0.2, 0) is 4.79 Å². The molecule has 0 bridgehead atoms. The van der Waals surface area contributed by atoms with Gasteiger partial charge in [0, 0.05) is 6.54 Å². The highest BCUT2D eigenvalue weighted by molar-refractivity contribution is 6.30. The van der Waals surface area contributed by atoms with Gasteiger partial charge in [0.2, 0.25) is 5.91 Å². The molecule has 0 aromatic rings. The molecule has 1 amide bonds. The molecule has 1 unspecified atom stereocenters. The standard InChI is InChI=1S/C12H22ClNO/c1-2-14-12(15)11(13)10-8-6-4-3-5-7-9-10/h10-11H,2-9H2,1H3,(H,14,15). The molecule has 2 nitrogen and oxygen atoms in total. The summed E-state index contributed by atoms with van der Waals surface area (Å²) in [6, 6.07) is 0. The minimum absolute atomic E-state index is 0.0183. The summed E-state index contributed by atoms with van der Waals surface area (Å²) in [5.41, 5.74) is 0. The fourth-order valence-corrected chi connectivity index (χ4v) is 2.60. The number of alkyl halides is 1. The van der Waals surface area contributed by atoms with E-state index < -0.39 is 0 Å². The first-order valence-electron chi connectivity index (χ1n) is 6.17. The fourth-order valence-electron chi connectivity index (χ4n) is 2.27. The zero-order valence-electron chi connectivity index (χ0n) is 9.60. The molecule has 0 radical (unpaired) electrons. The van der Waals surface area contributed by atoms with Crippen molar-refractivity contribution in [2.45, 2.75) is 57.2 Å². The Morgan fingerprint density at radius 2 is 1.80 bits per heavy atom. The Balaban J connectivity index is 2.40. The van der Waals surface area contributed by atoms with Crippen LogP contribution in [-0.4, -0.2) is 17.8 Å². The fraction of sp³-hybridized carbons (Fsp3) is 0.917. The minimum Gasteiger partial charge on any atom is -0.355 e. The van der Waals surface area contributed by atoms with Crippen molar-refractivity contribution >= 4 is 17.5 Å². The van der Waals surface area contributed by atoms with Crippen molar-refractivity contribution in [3.05, 3.63) is 0 Å². The van der Waals surface area contributed by atoms with Crippen molar-refractivity contribution in [1.82, 2.24) is 5.32 Å². The van der Waals surface area contributed by atoms with Crippen LogP contribution in [0.4, 0.5) is 0 Å². The van der Waals surface area contributed by atoms with Crippen molar-refractivity contribution in [3.8, 4) is 0 Å². The second-order valence-electron chi connectivity index (χ2n) is 4.40. The second kappa shape index (κ2) is 7.10. The summed E-state index contributed by atoms with van der Waals surface area (Å²) in [5, 5.41) is 2.49. The average Bonchev–Trinajstić information content (AvgIpc) is 2.16. The van der Waals surface area contributed by atoms with E-state index in [1.165, 1.54) is 32.1 Å². The molecule has 0 saturated heterocycles. The molecule has 1 rings (SSSR count). The lowest BCUT2D eigenvalue weighted by atomic mass is 9.88. The summed E-state index contributed by atoms with van der Waals surface area (Å²) in [5.74, 6) is 0.406. The van der Waals surface area contributed by atoms with Crippen molar-refractivity contribution in [1.29, 1.82) is 0 Å². The Labute approximate surface area is 97.8 Å². The SMILES string of the molecule is CCNC(=O)C(Cl)C1CCCCCCC1. The molecule has 0 heterocycles. The van der Waals surface area contributed by atoms with Crippen LogP contribution in [0.2, 0.25) is 0 Å². The third kappa shape index (κ3) is 4.42. The summed E-state index contributed by atoms with van der Waals surface area (Å²) in [7, 11) is 0. The molecule has 1 fully saturated rings. The van der Waals surface area contributed by atoms with Gasteiger partial charge in [0.25, 0.3) is 0 Å². The zero-order chi connectivity index (χ0) is 11.1. The molecule has 0 spiro atoms. The molecule has 1 aliphatic rings. The molecule has 1 atom stereocenters. The normalized spacial score (nSPS) is 21.5. The highest BCUT2D eigenvalue weighted by atomic mass is 35.5. The molecule has 1 N–H and O–H groups in total. The van der Waals surface area contributed by atoms with Crippen LogP contribution < -0.4 is 5.32 Å². The summed E-state index contributed by atoms with van der Waals surface area (Å²) < 4.78 is 0. The van der Waals surface area contributed by atoms with E-state index in [0.717, 1.165) is 12.8 Å². The first kappa shape index (κ1) is 12.8. The lowest BCUT2D eigenvalue weighted by Gasteiger charge is -2.23. The van der Waals surface area contributed by atoms with E-state index in [2.05, 4.69) is 5.32 Å². The molecule has 3 heteroatoms. The van der Waals surface area contributed by atoms with Gasteiger partial charge in [0.15, 0.2) is 0 Å². The summed E-state index contributed by atoms with van der Waals surface area (Å²) in [6.45, 7) is 2.61. The van der Waals surface area contributed by atoms with E-state index in [1.54, 1.807) is 0 Å². The van der Waals surface area contributed by atoms with Crippen LogP contribution in [0.25, 0.3) is 0 Å². The quantitative estimate of drug-likeness (QED) is 0.744. The number of carbonyl (C=O) groups excluding carboxylic acids is 1. The van der Waals surface area contributed by atoms with Crippen molar-refractivity contribution in [2.75, 3.05) is 6.54 Å². The zero-order valence-corrected chi connectivity index (χ0v) is 10.4. The van der Waals surface area contributed by atoms with Gasteiger partial charge >= 0.3 is 0 Å². The molecule has 1 saturated carbocycles. The number of amides is 1. The van der Waals surface area contributed by atoms with E-state index in [1.807, 2.05) is 6.92 Å². The minimum atomic E-state index is -0.317. The third-order valence-corrected chi connectivity index (χ3v) is 3.72. The number of rotatable bonds is 3. The van der Waals surface area contributed by atoms with Gasteiger partial charge in [-0.3, -0.25) is 4.79 Å². The second-order valence-corrected chi connectivity index (χ2v) is 4.87. The van der Waals surface area contributed by atoms with Gasteiger partial charge in [-0.2, -0.15) is 0 Å². The van der Waals surface area contributed by atoms with Gasteiger partial charge in [-0.05, 0) is 25.7 Å². The van der Waals surface area contributed by atoms with Gasteiger partial charge in [0.05, 0.1) is 0 Å². The average molecular weight is 232 g/mol.